The molecule has 22 heavy (non-hydrogen) atoms. The third-order valence-electron chi connectivity index (χ3n) is 2.84. The molecule has 0 bridgehead atoms. The molecule has 116 valence electrons. The number of nitro benzene ring substituents is 1. The molecule has 2 aromatic rings. The quantitative estimate of drug-likeness (QED) is 0.473. The highest BCUT2D eigenvalue weighted by atomic mass is 35.5. The van der Waals surface area contributed by atoms with Crippen LogP contribution in [-0.4, -0.2) is 25.2 Å². The van der Waals surface area contributed by atoms with Crippen LogP contribution < -0.4 is 10.1 Å². The first-order valence-corrected chi connectivity index (χ1v) is 6.90. The van der Waals surface area contributed by atoms with Crippen LogP contribution in [0, 0.1) is 10.1 Å². The highest BCUT2D eigenvalue weighted by Crippen LogP contribution is 2.29. The van der Waals surface area contributed by atoms with Crippen LogP contribution >= 0.6 is 11.6 Å². The van der Waals surface area contributed by atoms with Crippen molar-refractivity contribution < 1.29 is 14.4 Å². The summed E-state index contributed by atoms with van der Waals surface area (Å²) < 4.78 is 10.4. The van der Waals surface area contributed by atoms with Crippen LogP contribution in [0.4, 0.5) is 17.1 Å². The Hall–Kier alpha value is -2.31. The number of halogens is 1. The van der Waals surface area contributed by atoms with E-state index in [0.717, 1.165) is 11.4 Å². The zero-order valence-electron chi connectivity index (χ0n) is 11.9. The molecule has 0 aromatic heterocycles. The van der Waals surface area contributed by atoms with Crippen LogP contribution in [0.1, 0.15) is 0 Å². The first kappa shape index (κ1) is 16.1. The lowest BCUT2D eigenvalue weighted by Gasteiger charge is -2.10. The largest absolute Gasteiger partial charge is 0.490 e. The Kier molecular flexibility index (Phi) is 5.57. The molecule has 0 aliphatic heterocycles. The van der Waals surface area contributed by atoms with Gasteiger partial charge in [-0.05, 0) is 30.3 Å². The number of non-ortho nitro benzene ring substituents is 1. The SMILES string of the molecule is COCCOc1ccc(Nc2ccc([N+](=O)[O-])cc2)cc1Cl. The summed E-state index contributed by atoms with van der Waals surface area (Å²) in [6.07, 6.45) is 0. The number of hydrogen-bond acceptors (Lipinski definition) is 5. The molecule has 0 radical (unpaired) electrons. The van der Waals surface area contributed by atoms with E-state index in [4.69, 9.17) is 21.1 Å². The molecule has 2 aromatic carbocycles. The van der Waals surface area contributed by atoms with Gasteiger partial charge in [-0.15, -0.1) is 0 Å². The number of ether oxygens (including phenoxy) is 2. The first-order chi connectivity index (χ1) is 10.6. The zero-order chi connectivity index (χ0) is 15.9. The van der Waals surface area contributed by atoms with E-state index in [1.54, 1.807) is 31.4 Å². The molecule has 0 spiro atoms. The first-order valence-electron chi connectivity index (χ1n) is 6.53. The monoisotopic (exact) mass is 322 g/mol. The van der Waals surface area contributed by atoms with E-state index in [1.165, 1.54) is 12.1 Å². The summed E-state index contributed by atoms with van der Waals surface area (Å²) in [5.74, 6) is 0.577. The van der Waals surface area contributed by atoms with Crippen LogP contribution in [0.3, 0.4) is 0 Å². The van der Waals surface area contributed by atoms with E-state index in [-0.39, 0.29) is 5.69 Å². The lowest BCUT2D eigenvalue weighted by atomic mass is 10.2. The topological polar surface area (TPSA) is 73.6 Å². The van der Waals surface area contributed by atoms with Gasteiger partial charge in [0.15, 0.2) is 0 Å². The molecule has 0 aliphatic carbocycles. The van der Waals surface area contributed by atoms with Gasteiger partial charge in [0, 0.05) is 30.6 Å². The van der Waals surface area contributed by atoms with Crippen molar-refractivity contribution in [1.82, 2.24) is 0 Å². The van der Waals surface area contributed by atoms with Crippen LogP contribution in [0.2, 0.25) is 5.02 Å². The summed E-state index contributed by atoms with van der Waals surface area (Å²) >= 11 is 6.15. The predicted octanol–water partition coefficient (Wildman–Crippen LogP) is 4.02. The number of rotatable bonds is 7. The lowest BCUT2D eigenvalue weighted by Crippen LogP contribution is -2.04. The minimum atomic E-state index is -0.438. The van der Waals surface area contributed by atoms with Crippen LogP contribution in [0.25, 0.3) is 0 Å². The van der Waals surface area contributed by atoms with E-state index >= 15 is 0 Å². The molecule has 6 nitrogen and oxygen atoms in total. The standard InChI is InChI=1S/C15H15ClN2O4/c1-21-8-9-22-15-7-4-12(10-14(15)16)17-11-2-5-13(6-3-11)18(19)20/h2-7,10,17H,8-9H2,1H3. The fraction of sp³-hybridized carbons (Fsp3) is 0.200. The van der Waals surface area contributed by atoms with Gasteiger partial charge in [0.05, 0.1) is 16.6 Å². The van der Waals surface area contributed by atoms with Crippen LogP contribution in [0.5, 0.6) is 5.75 Å². The maximum Gasteiger partial charge on any atom is 0.269 e. The Bertz CT molecular complexity index is 646. The molecule has 2 rings (SSSR count). The molecular formula is C15H15ClN2O4. The maximum absolute atomic E-state index is 10.6. The molecule has 1 N–H and O–H groups in total. The molecule has 0 amide bonds. The third-order valence-corrected chi connectivity index (χ3v) is 3.14. The highest BCUT2D eigenvalue weighted by Gasteiger charge is 2.06. The van der Waals surface area contributed by atoms with E-state index in [9.17, 15) is 10.1 Å². The predicted molar refractivity (Wildman–Crippen MR) is 85.2 cm³/mol. The smallest absolute Gasteiger partial charge is 0.269 e. The fourth-order valence-electron chi connectivity index (χ4n) is 1.76. The van der Waals surface area contributed by atoms with Gasteiger partial charge in [0.1, 0.15) is 12.4 Å². The zero-order valence-corrected chi connectivity index (χ0v) is 12.7. The van der Waals surface area contributed by atoms with Gasteiger partial charge < -0.3 is 14.8 Å². The Balaban J connectivity index is 2.03. The third kappa shape index (κ3) is 4.34. The van der Waals surface area contributed by atoms with Gasteiger partial charge in [0.25, 0.3) is 5.69 Å². The molecule has 7 heteroatoms. The summed E-state index contributed by atoms with van der Waals surface area (Å²) in [5, 5.41) is 14.2. The van der Waals surface area contributed by atoms with E-state index in [2.05, 4.69) is 5.32 Å². The number of nitrogens with zero attached hydrogens (tertiary/aromatic N) is 1. The lowest BCUT2D eigenvalue weighted by molar-refractivity contribution is -0.384. The van der Waals surface area contributed by atoms with Crippen molar-refractivity contribution in [3.8, 4) is 5.75 Å². The normalized spacial score (nSPS) is 10.3. The molecule has 0 unspecified atom stereocenters. The average Bonchev–Trinajstić information content (AvgIpc) is 2.50. The number of nitro groups is 1. The van der Waals surface area contributed by atoms with Crippen LogP contribution in [0.15, 0.2) is 42.5 Å². The minimum Gasteiger partial charge on any atom is -0.490 e. The van der Waals surface area contributed by atoms with Crippen LogP contribution in [-0.2, 0) is 4.74 Å². The Morgan fingerprint density at radius 3 is 2.41 bits per heavy atom. The maximum atomic E-state index is 10.6. The number of nitrogens with one attached hydrogen (secondary N) is 1. The summed E-state index contributed by atoms with van der Waals surface area (Å²) in [7, 11) is 1.60. The Labute approximate surface area is 132 Å². The van der Waals surface area contributed by atoms with Gasteiger partial charge in [0.2, 0.25) is 0 Å². The number of anilines is 2. The van der Waals surface area contributed by atoms with Gasteiger partial charge >= 0.3 is 0 Å². The van der Waals surface area contributed by atoms with Crippen molar-refractivity contribution in [2.45, 2.75) is 0 Å². The Morgan fingerprint density at radius 2 is 1.82 bits per heavy atom. The summed E-state index contributed by atoms with van der Waals surface area (Å²) in [5.41, 5.74) is 1.54. The summed E-state index contributed by atoms with van der Waals surface area (Å²) in [4.78, 5) is 10.2. The highest BCUT2D eigenvalue weighted by molar-refractivity contribution is 6.32. The summed E-state index contributed by atoms with van der Waals surface area (Å²) in [6, 6.07) is 11.4. The second-order valence-electron chi connectivity index (χ2n) is 4.42. The second-order valence-corrected chi connectivity index (χ2v) is 4.82. The van der Waals surface area contributed by atoms with E-state index < -0.39 is 4.92 Å². The van der Waals surface area contributed by atoms with E-state index in [1.807, 2.05) is 6.07 Å². The Morgan fingerprint density at radius 1 is 1.14 bits per heavy atom. The fourth-order valence-corrected chi connectivity index (χ4v) is 2.00. The van der Waals surface area contributed by atoms with Crippen molar-refractivity contribution in [3.05, 3.63) is 57.6 Å². The van der Waals surface area contributed by atoms with E-state index in [0.29, 0.717) is 24.0 Å². The minimum absolute atomic E-state index is 0.0467. The van der Waals surface area contributed by atoms with Crippen molar-refractivity contribution >= 4 is 28.7 Å². The van der Waals surface area contributed by atoms with Gasteiger partial charge in [-0.25, -0.2) is 0 Å². The molecule has 0 aliphatic rings. The van der Waals surface area contributed by atoms with Crippen molar-refractivity contribution in [2.75, 3.05) is 25.6 Å². The molecule has 0 atom stereocenters. The molecule has 0 heterocycles. The molecule has 0 fully saturated rings. The van der Waals surface area contributed by atoms with Crippen molar-refractivity contribution in [2.24, 2.45) is 0 Å². The number of methoxy groups -OCH3 is 1. The second kappa shape index (κ2) is 7.63. The number of hydrogen-bond donors (Lipinski definition) is 1. The molecule has 0 saturated heterocycles. The average molecular weight is 323 g/mol. The summed E-state index contributed by atoms with van der Waals surface area (Å²) in [6.45, 7) is 0.907. The van der Waals surface area contributed by atoms with Crippen molar-refractivity contribution in [3.63, 3.8) is 0 Å². The van der Waals surface area contributed by atoms with Gasteiger partial charge in [-0.3, -0.25) is 10.1 Å². The van der Waals surface area contributed by atoms with Gasteiger partial charge in [-0.1, -0.05) is 11.6 Å². The van der Waals surface area contributed by atoms with Crippen molar-refractivity contribution in [1.29, 1.82) is 0 Å². The molecular weight excluding hydrogens is 308 g/mol. The van der Waals surface area contributed by atoms with Gasteiger partial charge in [-0.2, -0.15) is 0 Å². The number of benzene rings is 2. The molecule has 0 saturated carbocycles.